The number of hydrogen-bond acceptors (Lipinski definition) is 4. The minimum absolute atomic E-state index is 0.381. The number of aromatic nitrogens is 4. The van der Waals surface area contributed by atoms with Gasteiger partial charge < -0.3 is 4.90 Å². The van der Waals surface area contributed by atoms with E-state index in [0.29, 0.717) is 5.92 Å². The molecule has 3 aromatic heterocycles. The smallest absolute Gasteiger partial charge is 0.160 e. The lowest BCUT2D eigenvalue weighted by molar-refractivity contribution is 0.485. The Bertz CT molecular complexity index is 844. The first-order valence-corrected chi connectivity index (χ1v) is 8.68. The predicted molar refractivity (Wildman–Crippen MR) is 93.8 cm³/mol. The molecule has 3 aromatic rings. The second-order valence-electron chi connectivity index (χ2n) is 6.07. The number of piperidine rings is 1. The molecular formula is C17H18BrN5. The van der Waals surface area contributed by atoms with Crippen molar-refractivity contribution >= 4 is 27.4 Å². The molecule has 118 valence electrons. The number of hydrogen-bond donors (Lipinski definition) is 0. The van der Waals surface area contributed by atoms with Crippen molar-refractivity contribution < 1.29 is 0 Å². The van der Waals surface area contributed by atoms with Gasteiger partial charge in [0.2, 0.25) is 0 Å². The second-order valence-corrected chi connectivity index (χ2v) is 6.98. The lowest BCUT2D eigenvalue weighted by Gasteiger charge is -2.33. The van der Waals surface area contributed by atoms with Crippen LogP contribution in [0.5, 0.6) is 0 Å². The molecule has 0 amide bonds. The topological polar surface area (TPSA) is 46.3 Å². The summed E-state index contributed by atoms with van der Waals surface area (Å²) in [5, 5.41) is 8.74. The molecule has 23 heavy (non-hydrogen) atoms. The van der Waals surface area contributed by atoms with E-state index in [1.807, 2.05) is 30.6 Å². The molecule has 5 nitrogen and oxygen atoms in total. The third kappa shape index (κ3) is 2.72. The fraction of sp³-hybridized carbons (Fsp3) is 0.353. The highest BCUT2D eigenvalue weighted by molar-refractivity contribution is 9.10. The zero-order valence-corrected chi connectivity index (χ0v) is 14.6. The molecule has 0 saturated carbocycles. The Morgan fingerprint density at radius 3 is 3.04 bits per heavy atom. The monoisotopic (exact) mass is 371 g/mol. The van der Waals surface area contributed by atoms with E-state index in [2.05, 4.69) is 53.4 Å². The van der Waals surface area contributed by atoms with Gasteiger partial charge in [-0.25, -0.2) is 4.98 Å². The van der Waals surface area contributed by atoms with E-state index in [0.717, 1.165) is 47.7 Å². The average Bonchev–Trinajstić information content (AvgIpc) is 2.99. The van der Waals surface area contributed by atoms with E-state index in [9.17, 15) is 0 Å². The summed E-state index contributed by atoms with van der Waals surface area (Å²) in [5.41, 5.74) is 2.11. The van der Waals surface area contributed by atoms with Crippen LogP contribution in [0.25, 0.3) is 5.65 Å². The fourth-order valence-electron chi connectivity index (χ4n) is 3.38. The largest absolute Gasteiger partial charge is 0.356 e. The van der Waals surface area contributed by atoms with Crippen molar-refractivity contribution in [3.63, 3.8) is 0 Å². The van der Waals surface area contributed by atoms with Gasteiger partial charge in [0, 0.05) is 35.9 Å². The van der Waals surface area contributed by atoms with E-state index in [1.165, 1.54) is 5.56 Å². The lowest BCUT2D eigenvalue weighted by atomic mass is 9.97. The molecule has 0 spiro atoms. The van der Waals surface area contributed by atoms with Crippen LogP contribution >= 0.6 is 15.9 Å². The zero-order valence-electron chi connectivity index (χ0n) is 13.0. The molecule has 1 saturated heterocycles. The highest BCUT2D eigenvalue weighted by atomic mass is 79.9. The Morgan fingerprint density at radius 1 is 1.26 bits per heavy atom. The SMILES string of the molecule is Cc1cc(Br)cnc1N1CCCC(c2nnc3ccccn23)C1. The highest BCUT2D eigenvalue weighted by Gasteiger charge is 2.26. The maximum Gasteiger partial charge on any atom is 0.160 e. The lowest BCUT2D eigenvalue weighted by Crippen LogP contribution is -2.36. The minimum atomic E-state index is 0.381. The van der Waals surface area contributed by atoms with Crippen LogP contribution < -0.4 is 4.90 Å². The normalized spacial score (nSPS) is 18.5. The molecule has 0 radical (unpaired) electrons. The highest BCUT2D eigenvalue weighted by Crippen LogP contribution is 2.30. The standard InChI is InChI=1S/C17H18BrN5/c1-12-9-14(18)10-19-16(12)22-7-4-5-13(11-22)17-21-20-15-6-2-3-8-23(15)17/h2-3,6,8-10,13H,4-5,7,11H2,1H3. The summed E-state index contributed by atoms with van der Waals surface area (Å²) in [7, 11) is 0. The van der Waals surface area contributed by atoms with Crippen molar-refractivity contribution in [1.29, 1.82) is 0 Å². The van der Waals surface area contributed by atoms with Gasteiger partial charge in [-0.3, -0.25) is 4.40 Å². The molecule has 4 rings (SSSR count). The number of anilines is 1. The molecular weight excluding hydrogens is 354 g/mol. The minimum Gasteiger partial charge on any atom is -0.356 e. The Hall–Kier alpha value is -1.95. The van der Waals surface area contributed by atoms with Crippen LogP contribution in [0.2, 0.25) is 0 Å². The molecule has 1 aliphatic rings. The van der Waals surface area contributed by atoms with Crippen LogP contribution in [0.3, 0.4) is 0 Å². The summed E-state index contributed by atoms with van der Waals surface area (Å²) in [5.74, 6) is 2.51. The van der Waals surface area contributed by atoms with Gasteiger partial charge in [0.1, 0.15) is 11.6 Å². The van der Waals surface area contributed by atoms with Crippen molar-refractivity contribution in [2.24, 2.45) is 0 Å². The third-order valence-electron chi connectivity index (χ3n) is 4.44. The molecule has 1 fully saturated rings. The van der Waals surface area contributed by atoms with Gasteiger partial charge in [-0.2, -0.15) is 0 Å². The van der Waals surface area contributed by atoms with Gasteiger partial charge in [-0.1, -0.05) is 6.07 Å². The maximum absolute atomic E-state index is 4.62. The summed E-state index contributed by atoms with van der Waals surface area (Å²) in [4.78, 5) is 6.99. The van der Waals surface area contributed by atoms with Crippen LogP contribution in [0.15, 0.2) is 41.1 Å². The van der Waals surface area contributed by atoms with E-state index in [1.54, 1.807) is 0 Å². The van der Waals surface area contributed by atoms with Crippen molar-refractivity contribution in [3.05, 3.63) is 52.5 Å². The average molecular weight is 372 g/mol. The predicted octanol–water partition coefficient (Wildman–Crippen LogP) is 3.58. The zero-order chi connectivity index (χ0) is 15.8. The molecule has 0 aliphatic carbocycles. The quantitative estimate of drug-likeness (QED) is 0.690. The van der Waals surface area contributed by atoms with Crippen LogP contribution in [-0.2, 0) is 0 Å². The summed E-state index contributed by atoms with van der Waals surface area (Å²) >= 11 is 3.49. The molecule has 1 atom stereocenters. The number of fused-ring (bicyclic) bond motifs is 1. The molecule has 4 heterocycles. The van der Waals surface area contributed by atoms with Gasteiger partial charge in [0.15, 0.2) is 5.65 Å². The summed E-state index contributed by atoms with van der Waals surface area (Å²) in [6.07, 6.45) is 6.20. The molecule has 0 aromatic carbocycles. The first-order valence-electron chi connectivity index (χ1n) is 7.89. The number of pyridine rings is 2. The van der Waals surface area contributed by atoms with Crippen LogP contribution in [-0.4, -0.2) is 32.7 Å². The summed E-state index contributed by atoms with van der Waals surface area (Å²) in [6.45, 7) is 4.09. The van der Waals surface area contributed by atoms with Gasteiger partial charge in [-0.15, -0.1) is 10.2 Å². The number of rotatable bonds is 2. The van der Waals surface area contributed by atoms with Crippen molar-refractivity contribution in [2.75, 3.05) is 18.0 Å². The Balaban J connectivity index is 1.64. The van der Waals surface area contributed by atoms with Gasteiger partial charge in [0.25, 0.3) is 0 Å². The van der Waals surface area contributed by atoms with Gasteiger partial charge in [-0.05, 0) is 59.5 Å². The molecule has 0 N–H and O–H groups in total. The maximum atomic E-state index is 4.62. The first kappa shape index (κ1) is 14.6. The first-order chi connectivity index (χ1) is 11.2. The number of halogens is 1. The van der Waals surface area contributed by atoms with E-state index in [4.69, 9.17) is 0 Å². The fourth-order valence-corrected chi connectivity index (χ4v) is 3.83. The third-order valence-corrected chi connectivity index (χ3v) is 4.88. The molecule has 6 heteroatoms. The molecule has 1 unspecified atom stereocenters. The van der Waals surface area contributed by atoms with Crippen molar-refractivity contribution in [3.8, 4) is 0 Å². The molecule has 1 aliphatic heterocycles. The Labute approximate surface area is 143 Å². The Morgan fingerprint density at radius 2 is 2.17 bits per heavy atom. The van der Waals surface area contributed by atoms with Crippen LogP contribution in [0, 0.1) is 6.92 Å². The van der Waals surface area contributed by atoms with Crippen molar-refractivity contribution in [1.82, 2.24) is 19.6 Å². The van der Waals surface area contributed by atoms with Crippen LogP contribution in [0.4, 0.5) is 5.82 Å². The summed E-state index contributed by atoms with van der Waals surface area (Å²) in [6, 6.07) is 8.15. The number of aryl methyl sites for hydroxylation is 1. The van der Waals surface area contributed by atoms with E-state index in [-0.39, 0.29) is 0 Å². The second kappa shape index (κ2) is 5.92. The van der Waals surface area contributed by atoms with Crippen molar-refractivity contribution in [2.45, 2.75) is 25.7 Å². The van der Waals surface area contributed by atoms with E-state index >= 15 is 0 Å². The van der Waals surface area contributed by atoms with Gasteiger partial charge in [0.05, 0.1) is 0 Å². The Kier molecular flexibility index (Phi) is 3.77. The van der Waals surface area contributed by atoms with E-state index < -0.39 is 0 Å². The van der Waals surface area contributed by atoms with Gasteiger partial charge >= 0.3 is 0 Å². The summed E-state index contributed by atoms with van der Waals surface area (Å²) < 4.78 is 3.13. The van der Waals surface area contributed by atoms with Crippen LogP contribution in [0.1, 0.15) is 30.1 Å². The molecule has 0 bridgehead atoms. The number of nitrogens with zero attached hydrogens (tertiary/aromatic N) is 5.